The zero-order valence-corrected chi connectivity index (χ0v) is 29.2. The van der Waals surface area contributed by atoms with E-state index >= 15 is 0 Å². The molecule has 0 aliphatic heterocycles. The smallest absolute Gasteiger partial charge is 0.323 e. The van der Waals surface area contributed by atoms with Gasteiger partial charge in [-0.3, -0.25) is 38.7 Å². The molecule has 0 saturated heterocycles. The molecule has 1 N–H and O–H groups in total. The summed E-state index contributed by atoms with van der Waals surface area (Å²) in [5.41, 5.74) is -2.94. The van der Waals surface area contributed by atoms with Crippen LogP contribution in [-0.4, -0.2) is 130 Å². The van der Waals surface area contributed by atoms with Gasteiger partial charge < -0.3 is 24.1 Å². The Balaban J connectivity index is 5.87. The number of carboxylic acids is 1. The molecule has 0 saturated carbocycles. The lowest BCUT2D eigenvalue weighted by atomic mass is 10.2. The quantitative estimate of drug-likeness (QED) is 0.196. The number of hydrogen-bond donors (Lipinski definition) is 1. The van der Waals surface area contributed by atoms with E-state index in [-0.39, 0.29) is 52.4 Å². The third-order valence-corrected chi connectivity index (χ3v) is 5.39. The summed E-state index contributed by atoms with van der Waals surface area (Å²) in [6, 6.07) is -0.829. The predicted molar refractivity (Wildman–Crippen MR) is 165 cm³/mol. The van der Waals surface area contributed by atoms with Crippen LogP contribution in [0.25, 0.3) is 0 Å². The fourth-order valence-electron chi connectivity index (χ4n) is 3.83. The van der Waals surface area contributed by atoms with Gasteiger partial charge in [-0.25, -0.2) is 0 Å². The predicted octanol–water partition coefficient (Wildman–Crippen LogP) is 2.73. The van der Waals surface area contributed by atoms with Gasteiger partial charge in [0.25, 0.3) is 0 Å². The molecule has 0 aliphatic rings. The van der Waals surface area contributed by atoms with Crippen LogP contribution < -0.4 is 0 Å². The Morgan fingerprint density at radius 3 is 1.23 bits per heavy atom. The Kier molecular flexibility index (Phi) is 16.0. The highest BCUT2D eigenvalue weighted by molar-refractivity contribution is 5.78. The van der Waals surface area contributed by atoms with Crippen molar-refractivity contribution < 1.29 is 48.0 Å². The molecular weight excluding hydrogens is 574 g/mol. The lowest BCUT2D eigenvalue weighted by Crippen LogP contribution is -2.50. The molecule has 13 nitrogen and oxygen atoms in total. The second kappa shape index (κ2) is 17.1. The van der Waals surface area contributed by atoms with Crippen molar-refractivity contribution in [3.05, 3.63) is 0 Å². The van der Waals surface area contributed by atoms with Crippen molar-refractivity contribution in [2.75, 3.05) is 52.4 Å². The van der Waals surface area contributed by atoms with Gasteiger partial charge in [0, 0.05) is 26.2 Å². The van der Waals surface area contributed by atoms with Crippen molar-refractivity contribution in [3.63, 3.8) is 0 Å². The van der Waals surface area contributed by atoms with E-state index in [0.29, 0.717) is 0 Å². The van der Waals surface area contributed by atoms with Crippen LogP contribution in [0.4, 0.5) is 0 Å². The summed E-state index contributed by atoms with van der Waals surface area (Å²) in [5, 5.41) is 9.59. The van der Waals surface area contributed by atoms with Gasteiger partial charge in [0.15, 0.2) is 0 Å². The number of nitrogens with zero attached hydrogens (tertiary/aromatic N) is 3. The minimum Gasteiger partial charge on any atom is -0.480 e. The monoisotopic (exact) mass is 631 g/mol. The van der Waals surface area contributed by atoms with Crippen molar-refractivity contribution in [1.82, 2.24) is 14.7 Å². The maximum absolute atomic E-state index is 12.9. The van der Waals surface area contributed by atoms with E-state index in [0.717, 1.165) is 0 Å². The summed E-state index contributed by atoms with van der Waals surface area (Å²) in [6.07, 6.45) is 0. The number of aliphatic carboxylic acids is 1. The first-order valence-corrected chi connectivity index (χ1v) is 14.9. The van der Waals surface area contributed by atoms with Gasteiger partial charge in [0.2, 0.25) is 0 Å². The minimum atomic E-state index is -1.09. The molecule has 256 valence electrons. The lowest BCUT2D eigenvalue weighted by molar-refractivity contribution is -0.165. The molecule has 0 aromatic carbocycles. The third-order valence-electron chi connectivity index (χ3n) is 5.39. The molecule has 0 amide bonds. The Morgan fingerprint density at radius 2 is 0.864 bits per heavy atom. The van der Waals surface area contributed by atoms with Crippen molar-refractivity contribution in [1.29, 1.82) is 0 Å². The van der Waals surface area contributed by atoms with Crippen LogP contribution in [0.1, 0.15) is 90.0 Å². The van der Waals surface area contributed by atoms with Crippen LogP contribution in [0.5, 0.6) is 0 Å². The number of rotatable bonds is 16. The average Bonchev–Trinajstić information content (AvgIpc) is 2.73. The van der Waals surface area contributed by atoms with E-state index in [2.05, 4.69) is 0 Å². The number of carbonyl (C=O) groups is 5. The van der Waals surface area contributed by atoms with Crippen molar-refractivity contribution in [2.45, 2.75) is 118 Å². The molecule has 0 bridgehead atoms. The standard InChI is InChI=1S/C31H57N3O10/c1-22(27(40)44-31(11,12)13)34(21-26(39)43-30(8,9)10)17-16-32(18-23(35)36)14-15-33(19-24(37)41-28(2,3)4)20-25(38)42-29(5,6)7/h22H,14-21H2,1-13H3,(H,35,36). The Morgan fingerprint density at radius 1 is 0.523 bits per heavy atom. The lowest BCUT2D eigenvalue weighted by Gasteiger charge is -2.33. The molecule has 0 radical (unpaired) electrons. The van der Waals surface area contributed by atoms with Gasteiger partial charge in [0.1, 0.15) is 28.4 Å². The molecule has 0 aromatic rings. The summed E-state index contributed by atoms with van der Waals surface area (Å²) in [5.74, 6) is -3.25. The number of hydrogen-bond acceptors (Lipinski definition) is 12. The van der Waals surface area contributed by atoms with Gasteiger partial charge in [-0.15, -0.1) is 0 Å². The highest BCUT2D eigenvalue weighted by Gasteiger charge is 2.30. The van der Waals surface area contributed by atoms with Gasteiger partial charge in [-0.05, 0) is 90.0 Å². The van der Waals surface area contributed by atoms with Gasteiger partial charge in [-0.2, -0.15) is 0 Å². The molecule has 0 rings (SSSR count). The van der Waals surface area contributed by atoms with Crippen LogP contribution in [-0.2, 0) is 42.9 Å². The van der Waals surface area contributed by atoms with E-state index in [4.69, 9.17) is 18.9 Å². The third kappa shape index (κ3) is 21.8. The first-order chi connectivity index (χ1) is 19.7. The van der Waals surface area contributed by atoms with E-state index in [1.54, 1.807) is 105 Å². The van der Waals surface area contributed by atoms with Crippen LogP contribution >= 0.6 is 0 Å². The summed E-state index contributed by atoms with van der Waals surface area (Å²) < 4.78 is 21.8. The van der Waals surface area contributed by atoms with E-state index in [9.17, 15) is 29.1 Å². The first-order valence-electron chi connectivity index (χ1n) is 14.9. The topological polar surface area (TPSA) is 152 Å². The van der Waals surface area contributed by atoms with Crippen LogP contribution in [0, 0.1) is 0 Å². The Bertz CT molecular complexity index is 941. The molecule has 0 spiro atoms. The average molecular weight is 632 g/mol. The summed E-state index contributed by atoms with van der Waals surface area (Å²) >= 11 is 0. The molecule has 44 heavy (non-hydrogen) atoms. The zero-order valence-electron chi connectivity index (χ0n) is 29.2. The largest absolute Gasteiger partial charge is 0.480 e. The van der Waals surface area contributed by atoms with Crippen molar-refractivity contribution in [2.24, 2.45) is 0 Å². The van der Waals surface area contributed by atoms with Crippen LogP contribution in [0.15, 0.2) is 0 Å². The first kappa shape index (κ1) is 41.2. The molecule has 0 fully saturated rings. The second-order valence-corrected chi connectivity index (χ2v) is 14.8. The van der Waals surface area contributed by atoms with Gasteiger partial charge in [-0.1, -0.05) is 0 Å². The summed E-state index contributed by atoms with van der Waals surface area (Å²) in [4.78, 5) is 67.2. The van der Waals surface area contributed by atoms with E-state index in [1.165, 1.54) is 0 Å². The molecule has 0 heterocycles. The number of esters is 4. The summed E-state index contributed by atoms with van der Waals surface area (Å²) in [6.45, 7) is 22.0. The Hall–Kier alpha value is -2.77. The van der Waals surface area contributed by atoms with Crippen LogP contribution in [0.2, 0.25) is 0 Å². The molecule has 0 aromatic heterocycles. The fraction of sp³-hybridized carbons (Fsp3) is 0.839. The van der Waals surface area contributed by atoms with Crippen molar-refractivity contribution >= 4 is 29.8 Å². The molecule has 1 unspecified atom stereocenters. The minimum absolute atomic E-state index is 0.130. The molecule has 13 heteroatoms. The SMILES string of the molecule is CC(C(=O)OC(C)(C)C)N(CCN(CCN(CC(=O)OC(C)(C)C)CC(=O)OC(C)(C)C)CC(=O)O)CC(=O)OC(C)(C)C. The van der Waals surface area contributed by atoms with E-state index < -0.39 is 58.3 Å². The van der Waals surface area contributed by atoms with Gasteiger partial charge >= 0.3 is 29.8 Å². The van der Waals surface area contributed by atoms with Crippen LogP contribution in [0.3, 0.4) is 0 Å². The highest BCUT2D eigenvalue weighted by atomic mass is 16.6. The maximum atomic E-state index is 12.9. The summed E-state index contributed by atoms with van der Waals surface area (Å²) in [7, 11) is 0. The fourth-order valence-corrected chi connectivity index (χ4v) is 3.83. The van der Waals surface area contributed by atoms with Gasteiger partial charge in [0.05, 0.1) is 26.2 Å². The number of carboxylic acid groups (broad SMARTS) is 1. The molecule has 1 atom stereocenters. The Labute approximate surface area is 263 Å². The molecule has 0 aliphatic carbocycles. The highest BCUT2D eigenvalue weighted by Crippen LogP contribution is 2.14. The van der Waals surface area contributed by atoms with Crippen molar-refractivity contribution in [3.8, 4) is 0 Å². The second-order valence-electron chi connectivity index (χ2n) is 14.8. The number of ether oxygens (including phenoxy) is 4. The normalized spacial score (nSPS) is 13.5. The molecular formula is C31H57N3O10. The number of carbonyl (C=O) groups excluding carboxylic acids is 4. The maximum Gasteiger partial charge on any atom is 0.323 e. The zero-order chi connectivity index (χ0) is 34.7. The van der Waals surface area contributed by atoms with E-state index in [1.807, 2.05) is 0 Å².